The van der Waals surface area contributed by atoms with Crippen molar-refractivity contribution in [2.24, 2.45) is 5.92 Å². The number of nitrogens with one attached hydrogen (secondary N) is 1. The molecule has 1 unspecified atom stereocenters. The molecule has 0 spiro atoms. The molecule has 2 aromatic heterocycles. The number of aromatic nitrogens is 2. The summed E-state index contributed by atoms with van der Waals surface area (Å²) in [7, 11) is 0. The standard InChI is InChI=1S/C22H18ClN3O3S/c23-18-9-5-4-8-17(18)19-13-30-22(24-19)25-21(28)15(10-14-6-2-1-3-7-14)11-16-12-20(27)26-29-16/h1-9,12-13,15H,10-11H2,(H,26,27)(H,24,25,28). The van der Waals surface area contributed by atoms with Crippen LogP contribution in [0.4, 0.5) is 5.13 Å². The molecule has 2 heterocycles. The van der Waals surface area contributed by atoms with E-state index in [1.165, 1.54) is 17.4 Å². The molecular formula is C22H18ClN3O3S. The van der Waals surface area contributed by atoms with Crippen LogP contribution in [0.3, 0.4) is 0 Å². The van der Waals surface area contributed by atoms with Crippen LogP contribution in [0, 0.1) is 5.92 Å². The van der Waals surface area contributed by atoms with Gasteiger partial charge in [0.2, 0.25) is 5.91 Å². The quantitative estimate of drug-likeness (QED) is 0.413. The molecular weight excluding hydrogens is 422 g/mol. The van der Waals surface area contributed by atoms with Gasteiger partial charge in [0.1, 0.15) is 5.76 Å². The number of carbonyl (C=O) groups excluding carboxylic acids is 1. The number of amides is 1. The second-order valence-electron chi connectivity index (χ2n) is 6.75. The molecule has 2 aromatic carbocycles. The first kappa shape index (κ1) is 20.1. The fourth-order valence-electron chi connectivity index (χ4n) is 3.13. The summed E-state index contributed by atoms with van der Waals surface area (Å²) in [5.41, 5.74) is 2.55. The summed E-state index contributed by atoms with van der Waals surface area (Å²) in [6.07, 6.45) is 0.813. The van der Waals surface area contributed by atoms with Crippen molar-refractivity contribution in [2.45, 2.75) is 12.8 Å². The van der Waals surface area contributed by atoms with Crippen LogP contribution in [0.25, 0.3) is 11.3 Å². The van der Waals surface area contributed by atoms with Gasteiger partial charge in [-0.1, -0.05) is 60.1 Å². The van der Waals surface area contributed by atoms with Crippen LogP contribution in [-0.4, -0.2) is 21.2 Å². The molecule has 4 aromatic rings. The molecule has 0 aliphatic rings. The Balaban J connectivity index is 1.52. The fraction of sp³-hybridized carbons (Fsp3) is 0.136. The highest BCUT2D eigenvalue weighted by molar-refractivity contribution is 7.14. The summed E-state index contributed by atoms with van der Waals surface area (Å²) in [6.45, 7) is 0. The molecule has 2 N–H and O–H groups in total. The largest absolute Gasteiger partial charge is 0.491 e. The van der Waals surface area contributed by atoms with E-state index in [0.717, 1.165) is 11.1 Å². The Morgan fingerprint density at radius 2 is 1.90 bits per heavy atom. The van der Waals surface area contributed by atoms with Crippen molar-refractivity contribution in [3.63, 3.8) is 0 Å². The minimum Gasteiger partial charge on any atom is -0.491 e. The van der Waals surface area contributed by atoms with Crippen LogP contribution in [0.15, 0.2) is 70.6 Å². The minimum absolute atomic E-state index is 0.185. The summed E-state index contributed by atoms with van der Waals surface area (Å²) >= 11 is 7.59. The summed E-state index contributed by atoms with van der Waals surface area (Å²) in [5.74, 6) is -0.366. The lowest BCUT2D eigenvalue weighted by molar-refractivity contribution is -0.120. The lowest BCUT2D eigenvalue weighted by Gasteiger charge is -2.14. The number of halogens is 1. The molecule has 0 aliphatic heterocycles. The van der Waals surface area contributed by atoms with Gasteiger partial charge in [0.15, 0.2) is 5.13 Å². The van der Waals surface area contributed by atoms with Crippen LogP contribution in [0.2, 0.25) is 5.02 Å². The van der Waals surface area contributed by atoms with E-state index in [2.05, 4.69) is 15.5 Å². The number of hydrogen-bond acceptors (Lipinski definition) is 6. The van der Waals surface area contributed by atoms with Crippen LogP contribution in [-0.2, 0) is 17.6 Å². The average molecular weight is 440 g/mol. The van der Waals surface area contributed by atoms with Crippen LogP contribution >= 0.6 is 22.9 Å². The van der Waals surface area contributed by atoms with Crippen molar-refractivity contribution in [2.75, 3.05) is 5.32 Å². The van der Waals surface area contributed by atoms with E-state index in [4.69, 9.17) is 16.1 Å². The van der Waals surface area contributed by atoms with E-state index in [1.54, 1.807) is 6.07 Å². The first-order valence-electron chi connectivity index (χ1n) is 9.28. The van der Waals surface area contributed by atoms with E-state index in [-0.39, 0.29) is 11.8 Å². The van der Waals surface area contributed by atoms with Crippen LogP contribution in [0.5, 0.6) is 5.88 Å². The van der Waals surface area contributed by atoms with Crippen molar-refractivity contribution in [3.05, 3.63) is 82.4 Å². The smallest absolute Gasteiger partial charge is 0.251 e. The Kier molecular flexibility index (Phi) is 6.11. The maximum Gasteiger partial charge on any atom is 0.251 e. The van der Waals surface area contributed by atoms with E-state index in [9.17, 15) is 9.90 Å². The summed E-state index contributed by atoms with van der Waals surface area (Å²) in [5, 5.41) is 18.8. The highest BCUT2D eigenvalue weighted by atomic mass is 35.5. The van der Waals surface area contributed by atoms with Gasteiger partial charge in [-0.3, -0.25) is 4.79 Å². The molecule has 6 nitrogen and oxygen atoms in total. The zero-order valence-electron chi connectivity index (χ0n) is 15.8. The van der Waals surface area contributed by atoms with Crippen molar-refractivity contribution >= 4 is 34.0 Å². The number of carbonyl (C=O) groups is 1. The first-order valence-corrected chi connectivity index (χ1v) is 10.5. The number of benzene rings is 2. The zero-order chi connectivity index (χ0) is 20.9. The summed E-state index contributed by atoms with van der Waals surface area (Å²) < 4.78 is 5.10. The first-order chi connectivity index (χ1) is 14.6. The second-order valence-corrected chi connectivity index (χ2v) is 8.01. The maximum absolute atomic E-state index is 13.0. The minimum atomic E-state index is -0.424. The van der Waals surface area contributed by atoms with E-state index < -0.39 is 5.92 Å². The van der Waals surface area contributed by atoms with Crippen molar-refractivity contribution in [1.82, 2.24) is 10.1 Å². The zero-order valence-corrected chi connectivity index (χ0v) is 17.4. The van der Waals surface area contributed by atoms with Crippen molar-refractivity contribution < 1.29 is 14.4 Å². The molecule has 152 valence electrons. The van der Waals surface area contributed by atoms with Gasteiger partial charge in [-0.25, -0.2) is 4.98 Å². The average Bonchev–Trinajstić information content (AvgIpc) is 3.37. The van der Waals surface area contributed by atoms with Gasteiger partial charge >= 0.3 is 0 Å². The van der Waals surface area contributed by atoms with Gasteiger partial charge in [-0.2, -0.15) is 0 Å². The molecule has 1 amide bonds. The number of anilines is 1. The predicted octanol–water partition coefficient (Wildman–Crippen LogP) is 5.20. The molecule has 30 heavy (non-hydrogen) atoms. The van der Waals surface area contributed by atoms with Crippen molar-refractivity contribution in [3.8, 4) is 17.1 Å². The van der Waals surface area contributed by atoms with Gasteiger partial charge in [-0.15, -0.1) is 11.3 Å². The Morgan fingerprint density at radius 1 is 1.13 bits per heavy atom. The summed E-state index contributed by atoms with van der Waals surface area (Å²) in [4.78, 5) is 17.6. The third-order valence-electron chi connectivity index (χ3n) is 4.57. The van der Waals surface area contributed by atoms with Gasteiger partial charge < -0.3 is 14.9 Å². The van der Waals surface area contributed by atoms with E-state index in [0.29, 0.717) is 34.5 Å². The molecule has 1 atom stereocenters. The van der Waals surface area contributed by atoms with Crippen molar-refractivity contribution in [1.29, 1.82) is 0 Å². The van der Waals surface area contributed by atoms with Gasteiger partial charge in [0.05, 0.1) is 5.69 Å². The highest BCUT2D eigenvalue weighted by Gasteiger charge is 2.23. The number of hydrogen-bond donors (Lipinski definition) is 2. The van der Waals surface area contributed by atoms with E-state index in [1.807, 2.05) is 53.9 Å². The molecule has 0 radical (unpaired) electrons. The van der Waals surface area contributed by atoms with Gasteiger partial charge in [-0.05, 0) is 23.2 Å². The molecule has 0 fully saturated rings. The van der Waals surface area contributed by atoms with E-state index >= 15 is 0 Å². The Labute approximate surface area is 182 Å². The summed E-state index contributed by atoms with van der Waals surface area (Å²) in [6, 6.07) is 18.6. The fourth-order valence-corrected chi connectivity index (χ4v) is 4.07. The Bertz CT molecular complexity index is 1140. The lowest BCUT2D eigenvalue weighted by atomic mass is 9.94. The number of rotatable bonds is 7. The molecule has 0 bridgehead atoms. The molecule has 8 heteroatoms. The molecule has 0 saturated heterocycles. The van der Waals surface area contributed by atoms with Gasteiger partial charge in [0.25, 0.3) is 5.88 Å². The number of nitrogens with zero attached hydrogens (tertiary/aromatic N) is 2. The topological polar surface area (TPSA) is 88.2 Å². The number of aromatic hydroxyl groups is 1. The number of thiazole rings is 1. The Hall–Kier alpha value is -3.16. The van der Waals surface area contributed by atoms with Crippen LogP contribution in [0.1, 0.15) is 11.3 Å². The monoisotopic (exact) mass is 439 g/mol. The van der Waals surface area contributed by atoms with Gasteiger partial charge in [0, 0.05) is 34.4 Å². The maximum atomic E-state index is 13.0. The second kappa shape index (κ2) is 9.11. The Morgan fingerprint density at radius 3 is 2.63 bits per heavy atom. The molecule has 0 aliphatic carbocycles. The third-order valence-corrected chi connectivity index (χ3v) is 5.66. The lowest BCUT2D eigenvalue weighted by Crippen LogP contribution is -2.26. The predicted molar refractivity (Wildman–Crippen MR) is 117 cm³/mol. The normalized spacial score (nSPS) is 11.9. The highest BCUT2D eigenvalue weighted by Crippen LogP contribution is 2.30. The van der Waals surface area contributed by atoms with Crippen LogP contribution < -0.4 is 5.32 Å². The molecule has 0 saturated carbocycles. The SMILES string of the molecule is O=C(Nc1nc(-c2ccccc2Cl)cs1)C(Cc1ccccc1)Cc1cc(O)no1. The molecule has 4 rings (SSSR count). The third kappa shape index (κ3) is 4.87.